The minimum Gasteiger partial charge on any atom is -0.454 e. The van der Waals surface area contributed by atoms with Crippen LogP contribution in [0, 0.1) is 0 Å². The molecule has 27 heavy (non-hydrogen) atoms. The third-order valence-corrected chi connectivity index (χ3v) is 5.07. The van der Waals surface area contributed by atoms with Gasteiger partial charge in [-0.3, -0.25) is 0 Å². The number of benzene rings is 4. The Bertz CT molecular complexity index is 973. The smallest absolute Gasteiger partial charge is 0.148 e. The van der Waals surface area contributed by atoms with Gasteiger partial charge in [0.2, 0.25) is 0 Å². The van der Waals surface area contributed by atoms with Crippen molar-refractivity contribution >= 4 is 25.3 Å². The molecule has 4 aromatic rings. The summed E-state index contributed by atoms with van der Waals surface area (Å²) in [6.07, 6.45) is 0. The molecule has 0 radical (unpaired) electrons. The summed E-state index contributed by atoms with van der Waals surface area (Å²) >= 11 is 9.31. The molecule has 0 saturated carbocycles. The number of para-hydroxylation sites is 2. The third kappa shape index (κ3) is 3.75. The predicted molar refractivity (Wildman–Crippen MR) is 118 cm³/mol. The zero-order chi connectivity index (χ0) is 18.6. The number of hydrogen-bond acceptors (Lipinski definition) is 3. The second-order valence-electron chi connectivity index (χ2n) is 6.14. The molecule has 0 aliphatic heterocycles. The Hall–Kier alpha value is -2.62. The van der Waals surface area contributed by atoms with E-state index in [9.17, 15) is 0 Å². The van der Waals surface area contributed by atoms with Gasteiger partial charge in [-0.1, -0.05) is 84.9 Å². The van der Waals surface area contributed by atoms with Crippen LogP contribution in [0.2, 0.25) is 0 Å². The lowest BCUT2D eigenvalue weighted by atomic mass is 10.0. The van der Waals surface area contributed by atoms with Crippen molar-refractivity contribution in [2.75, 3.05) is 0 Å². The molecule has 0 atom stereocenters. The van der Waals surface area contributed by atoms with E-state index >= 15 is 0 Å². The summed E-state index contributed by atoms with van der Waals surface area (Å²) < 4.78 is 6.46. The third-order valence-electron chi connectivity index (χ3n) is 4.36. The molecule has 3 heteroatoms. The minimum absolute atomic E-state index is 0.728. The van der Waals surface area contributed by atoms with E-state index in [1.807, 2.05) is 72.8 Å². The first-order valence-electron chi connectivity index (χ1n) is 8.66. The van der Waals surface area contributed by atoms with E-state index < -0.39 is 0 Å². The quantitative estimate of drug-likeness (QED) is 0.348. The Morgan fingerprint density at radius 1 is 0.444 bits per heavy atom. The fourth-order valence-electron chi connectivity index (χ4n) is 3.06. The van der Waals surface area contributed by atoms with Gasteiger partial charge in [0, 0.05) is 20.9 Å². The Balaban J connectivity index is 1.85. The molecular formula is C24H18OS2. The van der Waals surface area contributed by atoms with Crippen molar-refractivity contribution in [1.29, 1.82) is 0 Å². The Labute approximate surface area is 170 Å². The van der Waals surface area contributed by atoms with Crippen LogP contribution in [0.15, 0.2) is 107 Å². The van der Waals surface area contributed by atoms with E-state index in [0.717, 1.165) is 43.5 Å². The van der Waals surface area contributed by atoms with Gasteiger partial charge in [0.15, 0.2) is 0 Å². The summed E-state index contributed by atoms with van der Waals surface area (Å²) in [5.41, 5.74) is 4.17. The molecule has 0 aromatic heterocycles. The molecule has 1 nitrogen and oxygen atoms in total. The molecule has 0 saturated heterocycles. The molecule has 0 bridgehead atoms. The van der Waals surface area contributed by atoms with E-state index in [0.29, 0.717) is 0 Å². The van der Waals surface area contributed by atoms with E-state index in [1.165, 1.54) is 0 Å². The average Bonchev–Trinajstić information content (AvgIpc) is 2.72. The van der Waals surface area contributed by atoms with Crippen molar-refractivity contribution in [2.45, 2.75) is 9.79 Å². The lowest BCUT2D eigenvalue weighted by Gasteiger charge is -2.18. The van der Waals surface area contributed by atoms with Gasteiger partial charge in [-0.05, 0) is 23.3 Å². The van der Waals surface area contributed by atoms with Crippen LogP contribution in [0.5, 0.6) is 11.5 Å². The second-order valence-corrected chi connectivity index (χ2v) is 7.11. The molecule has 0 fully saturated rings. The van der Waals surface area contributed by atoms with Crippen molar-refractivity contribution in [3.63, 3.8) is 0 Å². The molecule has 132 valence electrons. The molecular weight excluding hydrogens is 368 g/mol. The van der Waals surface area contributed by atoms with Crippen molar-refractivity contribution in [2.24, 2.45) is 0 Å². The van der Waals surface area contributed by atoms with Crippen LogP contribution in [-0.2, 0) is 0 Å². The van der Waals surface area contributed by atoms with E-state index in [1.54, 1.807) is 0 Å². The van der Waals surface area contributed by atoms with Crippen LogP contribution in [0.4, 0.5) is 0 Å². The Kier molecular flexibility index (Phi) is 5.23. The summed E-state index contributed by atoms with van der Waals surface area (Å²) in [6.45, 7) is 0. The summed E-state index contributed by atoms with van der Waals surface area (Å²) in [5, 5.41) is 0. The lowest BCUT2D eigenvalue weighted by Crippen LogP contribution is -1.94. The normalized spacial score (nSPS) is 10.6. The first kappa shape index (κ1) is 17.8. The van der Waals surface area contributed by atoms with Gasteiger partial charge in [-0.15, -0.1) is 25.3 Å². The van der Waals surface area contributed by atoms with Crippen LogP contribution < -0.4 is 4.74 Å². The number of rotatable bonds is 4. The molecule has 4 rings (SSSR count). The highest BCUT2D eigenvalue weighted by atomic mass is 32.1. The molecule has 0 aliphatic rings. The van der Waals surface area contributed by atoms with E-state index in [-0.39, 0.29) is 0 Å². The summed E-state index contributed by atoms with van der Waals surface area (Å²) in [7, 11) is 0. The number of hydrogen-bond donors (Lipinski definition) is 2. The van der Waals surface area contributed by atoms with Crippen molar-refractivity contribution < 1.29 is 4.74 Å². The SMILES string of the molecule is Sc1cccc(-c2ccccc2)c1Oc1c(S)cccc1-c1ccccc1. The summed E-state index contributed by atoms with van der Waals surface area (Å²) in [4.78, 5) is 1.57. The van der Waals surface area contributed by atoms with Gasteiger partial charge in [-0.25, -0.2) is 0 Å². The van der Waals surface area contributed by atoms with Gasteiger partial charge >= 0.3 is 0 Å². The van der Waals surface area contributed by atoms with Gasteiger partial charge in [0.25, 0.3) is 0 Å². The van der Waals surface area contributed by atoms with Crippen molar-refractivity contribution in [3.8, 4) is 33.8 Å². The largest absolute Gasteiger partial charge is 0.454 e. The fraction of sp³-hybridized carbons (Fsp3) is 0. The maximum Gasteiger partial charge on any atom is 0.148 e. The topological polar surface area (TPSA) is 9.23 Å². The van der Waals surface area contributed by atoms with Gasteiger partial charge < -0.3 is 4.74 Å². The first-order valence-corrected chi connectivity index (χ1v) is 9.56. The minimum atomic E-state index is 0.728. The molecule has 0 amide bonds. The van der Waals surface area contributed by atoms with Crippen LogP contribution >= 0.6 is 25.3 Å². The maximum atomic E-state index is 6.46. The van der Waals surface area contributed by atoms with Crippen LogP contribution in [-0.4, -0.2) is 0 Å². The van der Waals surface area contributed by atoms with Crippen molar-refractivity contribution in [1.82, 2.24) is 0 Å². The van der Waals surface area contributed by atoms with Gasteiger partial charge in [0.1, 0.15) is 11.5 Å². The summed E-state index contributed by atoms with van der Waals surface area (Å²) in [5.74, 6) is 1.46. The highest BCUT2D eigenvalue weighted by molar-refractivity contribution is 7.80. The standard InChI is InChI=1S/C24H18OS2/c26-21-15-7-13-19(17-9-3-1-4-10-17)23(21)25-24-20(14-8-16-22(24)27)18-11-5-2-6-12-18/h1-16,26-27H. The van der Waals surface area contributed by atoms with Crippen LogP contribution in [0.25, 0.3) is 22.3 Å². The molecule has 0 aliphatic carbocycles. The number of thiol groups is 2. The molecule has 0 N–H and O–H groups in total. The lowest BCUT2D eigenvalue weighted by molar-refractivity contribution is 0.464. The fourth-order valence-corrected chi connectivity index (χ4v) is 3.56. The monoisotopic (exact) mass is 386 g/mol. The van der Waals surface area contributed by atoms with Crippen LogP contribution in [0.3, 0.4) is 0 Å². The zero-order valence-electron chi connectivity index (χ0n) is 14.5. The second kappa shape index (κ2) is 7.95. The Morgan fingerprint density at radius 3 is 1.26 bits per heavy atom. The van der Waals surface area contributed by atoms with E-state index in [2.05, 4.69) is 49.5 Å². The Morgan fingerprint density at radius 2 is 0.852 bits per heavy atom. The molecule has 0 spiro atoms. The molecule has 0 heterocycles. The molecule has 0 unspecified atom stereocenters. The van der Waals surface area contributed by atoms with Crippen LogP contribution in [0.1, 0.15) is 0 Å². The zero-order valence-corrected chi connectivity index (χ0v) is 16.3. The van der Waals surface area contributed by atoms with Gasteiger partial charge in [0.05, 0.1) is 0 Å². The predicted octanol–water partition coefficient (Wildman–Crippen LogP) is 7.39. The average molecular weight is 387 g/mol. The van der Waals surface area contributed by atoms with E-state index in [4.69, 9.17) is 4.74 Å². The van der Waals surface area contributed by atoms with Crippen molar-refractivity contribution in [3.05, 3.63) is 97.1 Å². The highest BCUT2D eigenvalue weighted by Gasteiger charge is 2.16. The van der Waals surface area contributed by atoms with Gasteiger partial charge in [-0.2, -0.15) is 0 Å². The maximum absolute atomic E-state index is 6.46. The first-order chi connectivity index (χ1) is 13.2. The highest BCUT2D eigenvalue weighted by Crippen LogP contribution is 2.43. The molecule has 4 aromatic carbocycles. The number of ether oxygens (including phenoxy) is 1. The summed E-state index contributed by atoms with van der Waals surface area (Å²) in [6, 6.07) is 32.3.